The summed E-state index contributed by atoms with van der Waals surface area (Å²) in [6.07, 6.45) is 0. The molecule has 0 atom stereocenters. The van der Waals surface area contributed by atoms with Gasteiger partial charge in [0.1, 0.15) is 17.1 Å². The molecule has 0 saturated carbocycles. The Morgan fingerprint density at radius 2 is 1.60 bits per heavy atom. The van der Waals surface area contributed by atoms with Crippen LogP contribution in [-0.4, -0.2) is 25.9 Å². The molecule has 0 spiro atoms. The van der Waals surface area contributed by atoms with E-state index in [1.807, 2.05) is 37.3 Å². The fraction of sp³-hybridized carbons (Fsp3) is 0.241. The summed E-state index contributed by atoms with van der Waals surface area (Å²) in [6.45, 7) is 8.22. The quantitative estimate of drug-likeness (QED) is 0.323. The molecule has 0 aliphatic carbocycles. The molecule has 4 rings (SSSR count). The van der Waals surface area contributed by atoms with Gasteiger partial charge in [-0.3, -0.25) is 9.59 Å². The van der Waals surface area contributed by atoms with Crippen molar-refractivity contribution in [2.75, 3.05) is 19.5 Å². The molecule has 180 valence electrons. The van der Waals surface area contributed by atoms with Crippen molar-refractivity contribution >= 4 is 28.3 Å². The summed E-state index contributed by atoms with van der Waals surface area (Å²) < 4.78 is 16.5. The van der Waals surface area contributed by atoms with E-state index < -0.39 is 0 Å². The van der Waals surface area contributed by atoms with Gasteiger partial charge in [-0.25, -0.2) is 0 Å². The van der Waals surface area contributed by atoms with Gasteiger partial charge in [0.05, 0.1) is 19.8 Å². The first kappa shape index (κ1) is 24.1. The van der Waals surface area contributed by atoms with Crippen molar-refractivity contribution in [1.82, 2.24) is 0 Å². The number of hydrogen-bond donors (Lipinski definition) is 1. The lowest BCUT2D eigenvalue weighted by Gasteiger charge is -2.19. The predicted octanol–water partition coefficient (Wildman–Crippen LogP) is 6.54. The molecule has 6 nitrogen and oxygen atoms in total. The van der Waals surface area contributed by atoms with Crippen molar-refractivity contribution < 1.29 is 23.5 Å². The lowest BCUT2D eigenvalue weighted by molar-refractivity contribution is 0.100. The molecule has 6 heteroatoms. The first-order valence-corrected chi connectivity index (χ1v) is 11.3. The van der Waals surface area contributed by atoms with Crippen LogP contribution in [0.15, 0.2) is 65.1 Å². The molecule has 0 unspecified atom stereocenters. The molecule has 35 heavy (non-hydrogen) atoms. The first-order valence-electron chi connectivity index (χ1n) is 11.3. The van der Waals surface area contributed by atoms with Crippen LogP contribution in [0.5, 0.6) is 11.5 Å². The number of furan rings is 1. The normalized spacial score (nSPS) is 11.4. The van der Waals surface area contributed by atoms with Gasteiger partial charge in [-0.05, 0) is 66.4 Å². The van der Waals surface area contributed by atoms with Crippen LogP contribution in [0.4, 0.5) is 5.69 Å². The minimum Gasteiger partial charge on any atom is -0.497 e. The van der Waals surface area contributed by atoms with E-state index in [-0.39, 0.29) is 22.9 Å². The van der Waals surface area contributed by atoms with E-state index in [1.165, 1.54) is 14.2 Å². The van der Waals surface area contributed by atoms with Crippen molar-refractivity contribution in [3.8, 4) is 11.5 Å². The number of amides is 1. The fourth-order valence-electron chi connectivity index (χ4n) is 3.95. The van der Waals surface area contributed by atoms with E-state index in [2.05, 4.69) is 26.1 Å². The lowest BCUT2D eigenvalue weighted by atomic mass is 9.87. The van der Waals surface area contributed by atoms with Crippen LogP contribution in [-0.2, 0) is 5.41 Å². The maximum Gasteiger partial charge on any atom is 0.255 e. The number of hydrogen-bond acceptors (Lipinski definition) is 5. The van der Waals surface area contributed by atoms with Crippen molar-refractivity contribution in [3.05, 3.63) is 88.7 Å². The highest BCUT2D eigenvalue weighted by Gasteiger charge is 2.23. The van der Waals surface area contributed by atoms with E-state index in [0.29, 0.717) is 39.5 Å². The van der Waals surface area contributed by atoms with Gasteiger partial charge in [0.15, 0.2) is 5.76 Å². The highest BCUT2D eigenvalue weighted by Crippen LogP contribution is 2.33. The number of carbonyl (C=O) groups excluding carboxylic acids is 2. The molecule has 0 bridgehead atoms. The molecule has 4 aromatic rings. The smallest absolute Gasteiger partial charge is 0.255 e. The molecule has 0 aliphatic rings. The molecule has 1 heterocycles. The summed E-state index contributed by atoms with van der Waals surface area (Å²) >= 11 is 0. The van der Waals surface area contributed by atoms with E-state index in [0.717, 1.165) is 10.9 Å². The zero-order valence-electron chi connectivity index (χ0n) is 20.8. The number of benzene rings is 3. The van der Waals surface area contributed by atoms with Crippen molar-refractivity contribution in [2.45, 2.75) is 33.1 Å². The molecule has 1 N–H and O–H groups in total. The topological polar surface area (TPSA) is 77.8 Å². The molecule has 0 aliphatic heterocycles. The van der Waals surface area contributed by atoms with Crippen LogP contribution in [0.3, 0.4) is 0 Å². The Hall–Kier alpha value is -4.06. The second-order valence-electron chi connectivity index (χ2n) is 9.44. The minimum atomic E-state index is -0.307. The van der Waals surface area contributed by atoms with Crippen LogP contribution < -0.4 is 14.8 Å². The largest absolute Gasteiger partial charge is 0.497 e. The van der Waals surface area contributed by atoms with Gasteiger partial charge >= 0.3 is 0 Å². The maximum absolute atomic E-state index is 13.3. The predicted molar refractivity (Wildman–Crippen MR) is 137 cm³/mol. The van der Waals surface area contributed by atoms with Crippen LogP contribution in [0.25, 0.3) is 11.0 Å². The third-order valence-electron chi connectivity index (χ3n) is 6.06. The van der Waals surface area contributed by atoms with E-state index >= 15 is 0 Å². The lowest BCUT2D eigenvalue weighted by Crippen LogP contribution is -2.14. The summed E-state index contributed by atoms with van der Waals surface area (Å²) in [7, 11) is 3.05. The van der Waals surface area contributed by atoms with Gasteiger partial charge < -0.3 is 19.2 Å². The molecular weight excluding hydrogens is 442 g/mol. The van der Waals surface area contributed by atoms with Crippen LogP contribution in [0, 0.1) is 6.92 Å². The number of carbonyl (C=O) groups is 2. The summed E-state index contributed by atoms with van der Waals surface area (Å²) in [5.41, 5.74) is 3.95. The number of ether oxygens (including phenoxy) is 2. The Labute approximate surface area is 204 Å². The van der Waals surface area contributed by atoms with Crippen molar-refractivity contribution in [3.63, 3.8) is 0 Å². The molecule has 3 aromatic carbocycles. The van der Waals surface area contributed by atoms with Gasteiger partial charge in [0, 0.05) is 22.2 Å². The molecule has 1 amide bonds. The zero-order chi connectivity index (χ0) is 25.3. The van der Waals surface area contributed by atoms with Crippen molar-refractivity contribution in [2.24, 2.45) is 0 Å². The Bertz CT molecular complexity index is 1410. The second kappa shape index (κ2) is 9.29. The third kappa shape index (κ3) is 4.78. The Kier molecular flexibility index (Phi) is 6.39. The number of anilines is 1. The van der Waals surface area contributed by atoms with Gasteiger partial charge in [0.25, 0.3) is 5.91 Å². The first-order chi connectivity index (χ1) is 16.6. The maximum atomic E-state index is 13.3. The SMILES string of the molecule is COc1ccc(OC)c(C(=O)c2oc3ccc(NC(=O)c4ccc(C(C)(C)C)cc4)cc3c2C)c1. The standard InChI is InChI=1S/C29H29NO5/c1-17-22-15-20(30-28(32)18-7-9-19(10-8-18)29(2,3)4)11-13-25(22)35-27(17)26(31)23-16-21(33-5)12-14-24(23)34-6/h7-16H,1-6H3,(H,30,32). The molecule has 1 aromatic heterocycles. The molecule has 0 fully saturated rings. The van der Waals surface area contributed by atoms with Gasteiger partial charge in [-0.15, -0.1) is 0 Å². The van der Waals surface area contributed by atoms with Gasteiger partial charge in [-0.2, -0.15) is 0 Å². The number of rotatable bonds is 6. The number of ketones is 1. The monoisotopic (exact) mass is 471 g/mol. The van der Waals surface area contributed by atoms with Crippen LogP contribution in [0.2, 0.25) is 0 Å². The van der Waals surface area contributed by atoms with Gasteiger partial charge in [0.2, 0.25) is 5.78 Å². The van der Waals surface area contributed by atoms with Gasteiger partial charge in [-0.1, -0.05) is 32.9 Å². The fourth-order valence-corrected chi connectivity index (χ4v) is 3.95. The minimum absolute atomic E-state index is 0.0168. The third-order valence-corrected chi connectivity index (χ3v) is 6.06. The average Bonchev–Trinajstić information content (AvgIpc) is 3.18. The highest BCUT2D eigenvalue weighted by atomic mass is 16.5. The zero-order valence-corrected chi connectivity index (χ0v) is 20.8. The summed E-state index contributed by atoms with van der Waals surface area (Å²) in [5.74, 6) is 0.680. The number of fused-ring (bicyclic) bond motifs is 1. The molecule has 0 radical (unpaired) electrons. The van der Waals surface area contributed by atoms with Crippen LogP contribution >= 0.6 is 0 Å². The second-order valence-corrected chi connectivity index (χ2v) is 9.44. The molecular formula is C29H29NO5. The Balaban J connectivity index is 1.62. The number of methoxy groups -OCH3 is 2. The summed E-state index contributed by atoms with van der Waals surface area (Å²) in [6, 6.07) is 18.0. The Morgan fingerprint density at radius 3 is 2.23 bits per heavy atom. The molecule has 0 saturated heterocycles. The van der Waals surface area contributed by atoms with E-state index in [1.54, 1.807) is 30.3 Å². The Morgan fingerprint density at radius 1 is 0.886 bits per heavy atom. The summed E-state index contributed by atoms with van der Waals surface area (Å²) in [4.78, 5) is 26.1. The number of aryl methyl sites for hydroxylation is 1. The average molecular weight is 472 g/mol. The van der Waals surface area contributed by atoms with E-state index in [4.69, 9.17) is 13.9 Å². The highest BCUT2D eigenvalue weighted by molar-refractivity contribution is 6.12. The number of nitrogens with one attached hydrogen (secondary N) is 1. The van der Waals surface area contributed by atoms with Crippen LogP contribution in [0.1, 0.15) is 58.4 Å². The van der Waals surface area contributed by atoms with Crippen molar-refractivity contribution in [1.29, 1.82) is 0 Å². The summed E-state index contributed by atoms with van der Waals surface area (Å²) in [5, 5.41) is 3.68. The van der Waals surface area contributed by atoms with E-state index in [9.17, 15) is 9.59 Å².